The van der Waals surface area contributed by atoms with Crippen LogP contribution in [-0.4, -0.2) is 33.7 Å². The van der Waals surface area contributed by atoms with Gasteiger partial charge < -0.3 is 15.2 Å². The van der Waals surface area contributed by atoms with E-state index in [2.05, 4.69) is 51.2 Å². The highest BCUT2D eigenvalue weighted by molar-refractivity contribution is 9.10. The van der Waals surface area contributed by atoms with E-state index in [0.717, 1.165) is 16.1 Å². The largest absolute Gasteiger partial charge is 0.372 e. The molecule has 2 N–H and O–H groups in total. The molecule has 2 aromatic heterocycles. The van der Waals surface area contributed by atoms with Gasteiger partial charge in [0, 0.05) is 20.0 Å². The first-order valence-corrected chi connectivity index (χ1v) is 5.78. The summed E-state index contributed by atoms with van der Waals surface area (Å²) in [6.07, 6.45) is 3.48. The number of hydrogen-bond donors (Lipinski definition) is 2. The molecule has 0 aromatic carbocycles. The van der Waals surface area contributed by atoms with Gasteiger partial charge in [-0.3, -0.25) is 0 Å². The number of aromatic nitrogens is 4. The lowest BCUT2D eigenvalue weighted by Crippen LogP contribution is -2.09. The van der Waals surface area contributed by atoms with Gasteiger partial charge in [0.15, 0.2) is 5.82 Å². The van der Waals surface area contributed by atoms with E-state index in [1.807, 2.05) is 0 Å². The van der Waals surface area contributed by atoms with Crippen LogP contribution in [0.5, 0.6) is 0 Å². The summed E-state index contributed by atoms with van der Waals surface area (Å²) in [4.78, 5) is 12.1. The van der Waals surface area contributed by atoms with E-state index in [1.165, 1.54) is 12.7 Å². The van der Waals surface area contributed by atoms with Crippen molar-refractivity contribution in [2.45, 2.75) is 6.42 Å². The van der Waals surface area contributed by atoms with Gasteiger partial charge in [0.2, 0.25) is 6.39 Å². The van der Waals surface area contributed by atoms with Crippen LogP contribution in [0.1, 0.15) is 5.82 Å². The molecule has 0 unspecified atom stereocenters. The summed E-state index contributed by atoms with van der Waals surface area (Å²) >= 11 is 3.42. The SMILES string of the molecule is CNc1ncnc(NCCc2ncon2)c1Br. The van der Waals surface area contributed by atoms with Gasteiger partial charge in [-0.05, 0) is 15.9 Å². The van der Waals surface area contributed by atoms with Crippen molar-refractivity contribution in [3.8, 4) is 0 Å². The predicted molar refractivity (Wildman–Crippen MR) is 65.8 cm³/mol. The molecule has 0 atom stereocenters. The predicted octanol–water partition coefficient (Wildman–Crippen LogP) is 1.32. The van der Waals surface area contributed by atoms with E-state index in [4.69, 9.17) is 0 Å². The third-order valence-corrected chi connectivity index (χ3v) is 2.83. The highest BCUT2D eigenvalue weighted by Gasteiger charge is 2.07. The normalized spacial score (nSPS) is 10.2. The van der Waals surface area contributed by atoms with Crippen LogP contribution in [0.15, 0.2) is 21.7 Å². The number of anilines is 2. The fraction of sp³-hybridized carbons (Fsp3) is 0.333. The summed E-state index contributed by atoms with van der Waals surface area (Å²) in [6.45, 7) is 0.665. The summed E-state index contributed by atoms with van der Waals surface area (Å²) in [5.41, 5.74) is 0. The van der Waals surface area contributed by atoms with Crippen molar-refractivity contribution in [1.29, 1.82) is 0 Å². The van der Waals surface area contributed by atoms with E-state index < -0.39 is 0 Å². The van der Waals surface area contributed by atoms with Crippen molar-refractivity contribution in [2.75, 3.05) is 24.2 Å². The van der Waals surface area contributed by atoms with Crippen molar-refractivity contribution < 1.29 is 4.52 Å². The minimum Gasteiger partial charge on any atom is -0.372 e. The van der Waals surface area contributed by atoms with Gasteiger partial charge in [0.25, 0.3) is 0 Å². The first kappa shape index (κ1) is 11.8. The van der Waals surface area contributed by atoms with Gasteiger partial charge in [0.1, 0.15) is 22.4 Å². The van der Waals surface area contributed by atoms with Crippen LogP contribution in [0.2, 0.25) is 0 Å². The van der Waals surface area contributed by atoms with Crippen LogP contribution in [0.3, 0.4) is 0 Å². The van der Waals surface area contributed by atoms with Crippen LogP contribution in [0.25, 0.3) is 0 Å². The molecule has 2 heterocycles. The molecule has 0 radical (unpaired) electrons. The molecule has 2 aromatic rings. The van der Waals surface area contributed by atoms with E-state index in [9.17, 15) is 0 Å². The van der Waals surface area contributed by atoms with Gasteiger partial charge >= 0.3 is 0 Å². The number of rotatable bonds is 5. The first-order valence-electron chi connectivity index (χ1n) is 4.98. The van der Waals surface area contributed by atoms with Crippen LogP contribution in [0, 0.1) is 0 Å². The monoisotopic (exact) mass is 298 g/mol. The zero-order valence-corrected chi connectivity index (χ0v) is 10.7. The Labute approximate surface area is 106 Å². The van der Waals surface area contributed by atoms with E-state index in [0.29, 0.717) is 18.8 Å². The molecule has 0 fully saturated rings. The molecule has 0 aliphatic heterocycles. The number of nitrogens with one attached hydrogen (secondary N) is 2. The smallest absolute Gasteiger partial charge is 0.213 e. The second kappa shape index (κ2) is 5.58. The van der Waals surface area contributed by atoms with Gasteiger partial charge in [-0.2, -0.15) is 4.98 Å². The summed E-state index contributed by atoms with van der Waals surface area (Å²) in [5, 5.41) is 9.85. The molecule has 0 aliphatic carbocycles. The van der Waals surface area contributed by atoms with Crippen molar-refractivity contribution in [1.82, 2.24) is 20.1 Å². The maximum atomic E-state index is 4.64. The second-order valence-electron chi connectivity index (χ2n) is 3.16. The lowest BCUT2D eigenvalue weighted by molar-refractivity contribution is 0.410. The molecule has 0 saturated carbocycles. The van der Waals surface area contributed by atoms with Crippen molar-refractivity contribution in [2.24, 2.45) is 0 Å². The van der Waals surface area contributed by atoms with Crippen LogP contribution in [-0.2, 0) is 6.42 Å². The molecular weight excluding hydrogens is 288 g/mol. The third-order valence-electron chi connectivity index (χ3n) is 2.07. The fourth-order valence-corrected chi connectivity index (χ4v) is 1.81. The van der Waals surface area contributed by atoms with E-state index in [-0.39, 0.29) is 0 Å². The third kappa shape index (κ3) is 2.90. The number of halogens is 1. The summed E-state index contributed by atoms with van der Waals surface area (Å²) < 4.78 is 5.45. The number of hydrogen-bond acceptors (Lipinski definition) is 7. The second-order valence-corrected chi connectivity index (χ2v) is 3.95. The zero-order chi connectivity index (χ0) is 12.1. The van der Waals surface area contributed by atoms with E-state index in [1.54, 1.807) is 7.05 Å². The Kier molecular flexibility index (Phi) is 3.86. The summed E-state index contributed by atoms with van der Waals surface area (Å²) in [5.74, 6) is 2.13. The maximum absolute atomic E-state index is 4.64. The van der Waals surface area contributed by atoms with E-state index >= 15 is 0 Å². The Morgan fingerprint density at radius 3 is 2.82 bits per heavy atom. The maximum Gasteiger partial charge on any atom is 0.213 e. The zero-order valence-electron chi connectivity index (χ0n) is 9.14. The molecule has 0 aliphatic rings. The van der Waals surface area contributed by atoms with Gasteiger partial charge in [-0.1, -0.05) is 5.16 Å². The molecule has 0 bridgehead atoms. The van der Waals surface area contributed by atoms with Crippen LogP contribution < -0.4 is 10.6 Å². The standard InChI is InChI=1S/C9H11BrN6O/c1-11-8-7(10)9(14-4-13-8)12-3-2-6-15-5-17-16-6/h4-5H,2-3H2,1H3,(H2,11,12,13,14). The van der Waals surface area contributed by atoms with Crippen LogP contribution in [0.4, 0.5) is 11.6 Å². The lowest BCUT2D eigenvalue weighted by Gasteiger charge is -2.08. The Balaban J connectivity index is 1.95. The van der Waals surface area contributed by atoms with Gasteiger partial charge in [0.05, 0.1) is 0 Å². The van der Waals surface area contributed by atoms with Crippen LogP contribution >= 0.6 is 15.9 Å². The highest BCUT2D eigenvalue weighted by atomic mass is 79.9. The summed E-state index contributed by atoms with van der Waals surface area (Å²) in [6, 6.07) is 0. The molecule has 17 heavy (non-hydrogen) atoms. The van der Waals surface area contributed by atoms with Crippen molar-refractivity contribution in [3.05, 3.63) is 23.0 Å². The fourth-order valence-electron chi connectivity index (χ4n) is 1.26. The molecule has 90 valence electrons. The molecule has 2 rings (SSSR count). The quantitative estimate of drug-likeness (QED) is 0.860. The Morgan fingerprint density at radius 1 is 1.29 bits per heavy atom. The molecule has 7 nitrogen and oxygen atoms in total. The van der Waals surface area contributed by atoms with Gasteiger partial charge in [-0.15, -0.1) is 0 Å². The molecular formula is C9H11BrN6O. The number of nitrogens with zero attached hydrogens (tertiary/aromatic N) is 4. The minimum absolute atomic E-state index is 0.663. The Bertz CT molecular complexity index is 474. The van der Waals surface area contributed by atoms with Crippen molar-refractivity contribution in [3.63, 3.8) is 0 Å². The average Bonchev–Trinajstić information content (AvgIpc) is 2.84. The first-order chi connectivity index (χ1) is 8.31. The molecule has 0 saturated heterocycles. The molecule has 8 heteroatoms. The lowest BCUT2D eigenvalue weighted by atomic mass is 10.4. The van der Waals surface area contributed by atoms with Crippen molar-refractivity contribution >= 4 is 27.6 Å². The Hall–Kier alpha value is -1.70. The average molecular weight is 299 g/mol. The summed E-state index contributed by atoms with van der Waals surface area (Å²) in [7, 11) is 1.80. The Morgan fingerprint density at radius 2 is 2.12 bits per heavy atom. The molecule has 0 amide bonds. The van der Waals surface area contributed by atoms with Gasteiger partial charge in [-0.25, -0.2) is 9.97 Å². The minimum atomic E-state index is 0.663. The highest BCUT2D eigenvalue weighted by Crippen LogP contribution is 2.25. The molecule has 0 spiro atoms. The topological polar surface area (TPSA) is 88.8 Å².